The molecule has 0 bridgehead atoms. The highest BCUT2D eigenvalue weighted by atomic mass is 19.1. The fraction of sp³-hybridized carbons (Fsp3) is 0.533. The molecule has 1 amide bonds. The van der Waals surface area contributed by atoms with Crippen LogP contribution < -0.4 is 0 Å². The zero-order chi connectivity index (χ0) is 14.9. The van der Waals surface area contributed by atoms with E-state index in [4.69, 9.17) is 0 Å². The van der Waals surface area contributed by atoms with Crippen LogP contribution >= 0.6 is 0 Å². The van der Waals surface area contributed by atoms with Crippen LogP contribution in [0.25, 0.3) is 0 Å². The minimum atomic E-state index is -0.866. The summed E-state index contributed by atoms with van der Waals surface area (Å²) in [7, 11) is 1.49. The van der Waals surface area contributed by atoms with E-state index in [2.05, 4.69) is 0 Å². The van der Waals surface area contributed by atoms with E-state index in [1.165, 1.54) is 24.9 Å². The first kappa shape index (κ1) is 14.9. The summed E-state index contributed by atoms with van der Waals surface area (Å²) in [5.74, 6) is -2.41. The van der Waals surface area contributed by atoms with E-state index in [9.17, 15) is 18.7 Å². The number of carbonyl (C=O) groups excluding carboxylic acids is 1. The third-order valence-corrected chi connectivity index (χ3v) is 4.01. The number of benzene rings is 1. The molecule has 1 saturated carbocycles. The van der Waals surface area contributed by atoms with Gasteiger partial charge in [-0.05, 0) is 31.4 Å². The van der Waals surface area contributed by atoms with E-state index < -0.39 is 29.2 Å². The molecule has 0 heterocycles. The van der Waals surface area contributed by atoms with Crippen molar-refractivity contribution in [2.24, 2.45) is 0 Å². The topological polar surface area (TPSA) is 40.5 Å². The predicted octanol–water partition coefficient (Wildman–Crippen LogP) is 2.65. The Morgan fingerprint density at radius 3 is 2.60 bits per heavy atom. The van der Waals surface area contributed by atoms with Crippen molar-refractivity contribution in [3.05, 3.63) is 34.9 Å². The number of likely N-dealkylation sites (N-methyl/N-ethyl adjacent to an activating group) is 1. The zero-order valence-electron chi connectivity index (χ0n) is 11.7. The Kier molecular flexibility index (Phi) is 4.38. The third-order valence-electron chi connectivity index (χ3n) is 4.01. The highest BCUT2D eigenvalue weighted by molar-refractivity contribution is 5.95. The second-order valence-electron chi connectivity index (χ2n) is 5.39. The van der Waals surface area contributed by atoms with Crippen LogP contribution in [0.4, 0.5) is 8.78 Å². The molecule has 2 rings (SSSR count). The molecule has 1 fully saturated rings. The van der Waals surface area contributed by atoms with Gasteiger partial charge in [0, 0.05) is 7.05 Å². The molecule has 1 aliphatic rings. The van der Waals surface area contributed by atoms with E-state index in [1.54, 1.807) is 0 Å². The number of nitrogens with zero attached hydrogens (tertiary/aromatic N) is 1. The number of aliphatic hydroxyl groups excluding tert-OH is 1. The van der Waals surface area contributed by atoms with Crippen molar-refractivity contribution in [2.75, 3.05) is 7.05 Å². The molecule has 0 spiro atoms. The summed E-state index contributed by atoms with van der Waals surface area (Å²) in [5, 5.41) is 9.95. The lowest BCUT2D eigenvalue weighted by molar-refractivity contribution is 0.0262. The maximum Gasteiger partial charge on any atom is 0.259 e. The molecule has 110 valence electrons. The van der Waals surface area contributed by atoms with Gasteiger partial charge in [-0.1, -0.05) is 18.9 Å². The van der Waals surface area contributed by atoms with Crippen LogP contribution in [0.1, 0.15) is 41.6 Å². The van der Waals surface area contributed by atoms with Gasteiger partial charge >= 0.3 is 0 Å². The van der Waals surface area contributed by atoms with E-state index in [1.807, 2.05) is 0 Å². The molecule has 0 aliphatic heterocycles. The molecule has 2 unspecified atom stereocenters. The minimum absolute atomic E-state index is 0.229. The summed E-state index contributed by atoms with van der Waals surface area (Å²) in [5.41, 5.74) is -0.308. The molecule has 1 N–H and O–H groups in total. The lowest BCUT2D eigenvalue weighted by Gasteiger charge is -2.35. The summed E-state index contributed by atoms with van der Waals surface area (Å²) in [6.45, 7) is 1.49. The maximum atomic E-state index is 14.0. The van der Waals surface area contributed by atoms with Gasteiger partial charge in [0.25, 0.3) is 5.91 Å². The predicted molar refractivity (Wildman–Crippen MR) is 71.5 cm³/mol. The summed E-state index contributed by atoms with van der Waals surface area (Å²) in [4.78, 5) is 13.6. The number of hydrogen-bond acceptors (Lipinski definition) is 2. The highest BCUT2D eigenvalue weighted by Gasteiger charge is 2.32. The average Bonchev–Trinajstić information content (AvgIpc) is 2.43. The quantitative estimate of drug-likeness (QED) is 0.906. The molecule has 2 atom stereocenters. The van der Waals surface area contributed by atoms with Crippen LogP contribution in [-0.4, -0.2) is 35.1 Å². The van der Waals surface area contributed by atoms with E-state index in [0.29, 0.717) is 12.8 Å². The molecule has 1 aliphatic carbocycles. The van der Waals surface area contributed by atoms with Crippen LogP contribution in [0.3, 0.4) is 0 Å². The SMILES string of the molecule is Cc1ccc(F)c(C(=O)N(C)C2CCCCC2O)c1F. The molecule has 3 nitrogen and oxygen atoms in total. The Balaban J connectivity index is 2.29. The second kappa shape index (κ2) is 5.87. The first-order chi connectivity index (χ1) is 9.43. The first-order valence-electron chi connectivity index (χ1n) is 6.83. The Morgan fingerprint density at radius 2 is 1.95 bits per heavy atom. The van der Waals surface area contributed by atoms with Crippen molar-refractivity contribution in [1.82, 2.24) is 4.90 Å². The van der Waals surface area contributed by atoms with Gasteiger partial charge in [-0.25, -0.2) is 8.78 Å². The molecule has 0 saturated heterocycles. The number of aliphatic hydroxyl groups is 1. The van der Waals surface area contributed by atoms with Crippen LogP contribution in [-0.2, 0) is 0 Å². The fourth-order valence-corrected chi connectivity index (χ4v) is 2.72. The second-order valence-corrected chi connectivity index (χ2v) is 5.39. The third kappa shape index (κ3) is 2.68. The summed E-state index contributed by atoms with van der Waals surface area (Å²) >= 11 is 0. The Bertz CT molecular complexity index is 519. The van der Waals surface area contributed by atoms with Gasteiger partial charge in [0.1, 0.15) is 17.2 Å². The van der Waals surface area contributed by atoms with Gasteiger partial charge in [0.05, 0.1) is 12.1 Å². The fourth-order valence-electron chi connectivity index (χ4n) is 2.72. The Labute approximate surface area is 117 Å². The normalized spacial score (nSPS) is 22.6. The summed E-state index contributed by atoms with van der Waals surface area (Å²) in [6, 6.07) is 2.02. The van der Waals surface area contributed by atoms with Gasteiger partial charge in [0.2, 0.25) is 0 Å². The Hall–Kier alpha value is -1.49. The summed E-state index contributed by atoms with van der Waals surface area (Å²) < 4.78 is 27.7. The standard InChI is InChI=1S/C15H19F2NO2/c1-9-7-8-10(16)13(14(9)17)15(20)18(2)11-5-3-4-6-12(11)19/h7-8,11-12,19H,3-6H2,1-2H3. The smallest absolute Gasteiger partial charge is 0.259 e. The van der Waals surface area contributed by atoms with E-state index in [-0.39, 0.29) is 11.6 Å². The van der Waals surface area contributed by atoms with Gasteiger partial charge in [-0.2, -0.15) is 0 Å². The first-order valence-corrected chi connectivity index (χ1v) is 6.83. The number of rotatable bonds is 2. The van der Waals surface area contributed by atoms with E-state index in [0.717, 1.165) is 18.9 Å². The van der Waals surface area contributed by atoms with Gasteiger partial charge in [-0.3, -0.25) is 4.79 Å². The number of hydrogen-bond donors (Lipinski definition) is 1. The number of amides is 1. The maximum absolute atomic E-state index is 14.0. The number of aryl methyl sites for hydroxylation is 1. The van der Waals surface area contributed by atoms with Crippen molar-refractivity contribution in [3.63, 3.8) is 0 Å². The van der Waals surface area contributed by atoms with Gasteiger partial charge < -0.3 is 10.0 Å². The Morgan fingerprint density at radius 1 is 1.30 bits per heavy atom. The van der Waals surface area contributed by atoms with E-state index >= 15 is 0 Å². The lowest BCUT2D eigenvalue weighted by Crippen LogP contribution is -2.46. The van der Waals surface area contributed by atoms with Gasteiger partial charge in [0.15, 0.2) is 0 Å². The number of carbonyl (C=O) groups is 1. The van der Waals surface area contributed by atoms with Crippen LogP contribution in [0.5, 0.6) is 0 Å². The van der Waals surface area contributed by atoms with Crippen molar-refractivity contribution in [1.29, 1.82) is 0 Å². The van der Waals surface area contributed by atoms with Crippen molar-refractivity contribution < 1.29 is 18.7 Å². The highest BCUT2D eigenvalue weighted by Crippen LogP contribution is 2.25. The van der Waals surface area contributed by atoms with Crippen LogP contribution in [0.15, 0.2) is 12.1 Å². The van der Waals surface area contributed by atoms with Crippen molar-refractivity contribution in [3.8, 4) is 0 Å². The molecule has 1 aromatic rings. The van der Waals surface area contributed by atoms with Crippen LogP contribution in [0.2, 0.25) is 0 Å². The van der Waals surface area contributed by atoms with Crippen molar-refractivity contribution in [2.45, 2.75) is 44.8 Å². The molecule has 20 heavy (non-hydrogen) atoms. The molecule has 0 aromatic heterocycles. The molecular weight excluding hydrogens is 264 g/mol. The summed E-state index contributed by atoms with van der Waals surface area (Å²) in [6.07, 6.45) is 2.44. The molecule has 5 heteroatoms. The van der Waals surface area contributed by atoms with Crippen molar-refractivity contribution >= 4 is 5.91 Å². The number of halogens is 2. The van der Waals surface area contributed by atoms with Crippen LogP contribution in [0, 0.1) is 18.6 Å². The lowest BCUT2D eigenvalue weighted by atomic mass is 9.91. The van der Waals surface area contributed by atoms with Gasteiger partial charge in [-0.15, -0.1) is 0 Å². The average molecular weight is 283 g/mol. The molecular formula is C15H19F2NO2. The molecule has 0 radical (unpaired) electrons. The monoisotopic (exact) mass is 283 g/mol. The zero-order valence-corrected chi connectivity index (χ0v) is 11.7. The largest absolute Gasteiger partial charge is 0.391 e. The molecule has 1 aromatic carbocycles. The minimum Gasteiger partial charge on any atom is -0.391 e.